The molecule has 1 aliphatic rings. The van der Waals surface area contributed by atoms with E-state index in [0.717, 1.165) is 23.9 Å². The molecule has 0 aliphatic carbocycles. The Morgan fingerprint density at radius 2 is 2.12 bits per heavy atom. The van der Waals surface area contributed by atoms with E-state index < -0.39 is 0 Å². The number of hydrogen-bond donors (Lipinski definition) is 1. The van der Waals surface area contributed by atoms with Crippen LogP contribution in [-0.2, 0) is 16.1 Å². The minimum atomic E-state index is -0.127. The fraction of sp³-hybridized carbons (Fsp3) is 0.529. The van der Waals surface area contributed by atoms with Gasteiger partial charge in [-0.2, -0.15) is 0 Å². The van der Waals surface area contributed by atoms with Gasteiger partial charge in [0, 0.05) is 19.1 Å². The zero-order valence-electron chi connectivity index (χ0n) is 14.1. The van der Waals surface area contributed by atoms with Crippen molar-refractivity contribution in [2.45, 2.75) is 39.3 Å². The van der Waals surface area contributed by atoms with Gasteiger partial charge in [0.1, 0.15) is 12.1 Å². The molecule has 2 aromatic rings. The van der Waals surface area contributed by atoms with Crippen LogP contribution in [0.2, 0.25) is 0 Å². The lowest BCUT2D eigenvalue weighted by Crippen LogP contribution is -2.47. The Labute approximate surface area is 141 Å². The Morgan fingerprint density at radius 1 is 1.33 bits per heavy atom. The maximum absolute atomic E-state index is 12.6. The van der Waals surface area contributed by atoms with Crippen LogP contribution < -0.4 is 5.32 Å². The van der Waals surface area contributed by atoms with Crippen LogP contribution in [0.25, 0.3) is 11.0 Å². The topological polar surface area (TPSA) is 80.1 Å². The van der Waals surface area contributed by atoms with Crippen molar-refractivity contribution in [2.24, 2.45) is 5.92 Å². The highest BCUT2D eigenvalue weighted by atomic mass is 16.2. The van der Waals surface area contributed by atoms with Crippen LogP contribution in [0.3, 0.4) is 0 Å². The van der Waals surface area contributed by atoms with Gasteiger partial charge in [-0.25, -0.2) is 4.68 Å². The quantitative estimate of drug-likeness (QED) is 0.914. The maximum atomic E-state index is 12.6. The van der Waals surface area contributed by atoms with Gasteiger partial charge in [-0.3, -0.25) is 9.59 Å². The third-order valence-electron chi connectivity index (χ3n) is 4.28. The molecule has 1 saturated heterocycles. The predicted molar refractivity (Wildman–Crippen MR) is 90.1 cm³/mol. The number of hydrogen-bond acceptors (Lipinski definition) is 4. The number of amides is 2. The summed E-state index contributed by atoms with van der Waals surface area (Å²) in [5.41, 5.74) is 1.62. The summed E-state index contributed by atoms with van der Waals surface area (Å²) in [6.07, 6.45) is 1.68. The summed E-state index contributed by atoms with van der Waals surface area (Å²) in [7, 11) is 0. The van der Waals surface area contributed by atoms with E-state index in [0.29, 0.717) is 13.1 Å². The van der Waals surface area contributed by atoms with Crippen LogP contribution in [0.15, 0.2) is 24.3 Å². The van der Waals surface area contributed by atoms with E-state index in [2.05, 4.69) is 15.6 Å². The van der Waals surface area contributed by atoms with Crippen molar-refractivity contribution in [3.05, 3.63) is 24.3 Å². The molecular formula is C17H23N5O2. The highest BCUT2D eigenvalue weighted by Gasteiger charge is 2.28. The Balaban J connectivity index is 1.65. The van der Waals surface area contributed by atoms with Crippen LogP contribution in [-0.4, -0.2) is 50.8 Å². The molecule has 1 aromatic carbocycles. The van der Waals surface area contributed by atoms with E-state index in [-0.39, 0.29) is 30.3 Å². The smallest absolute Gasteiger partial charge is 0.244 e. The predicted octanol–water partition coefficient (Wildman–Crippen LogP) is 1.19. The number of piperidine rings is 1. The van der Waals surface area contributed by atoms with Crippen molar-refractivity contribution in [2.75, 3.05) is 13.1 Å². The number of nitrogens with one attached hydrogen (secondary N) is 1. The summed E-state index contributed by atoms with van der Waals surface area (Å²) in [6, 6.07) is 7.69. The van der Waals surface area contributed by atoms with E-state index in [1.165, 1.54) is 0 Å². The molecule has 24 heavy (non-hydrogen) atoms. The van der Waals surface area contributed by atoms with Crippen molar-refractivity contribution >= 4 is 22.8 Å². The van der Waals surface area contributed by atoms with Gasteiger partial charge in [0.05, 0.1) is 11.4 Å². The molecule has 0 radical (unpaired) electrons. The molecule has 0 bridgehead atoms. The second-order valence-corrected chi connectivity index (χ2v) is 6.58. The SMILES string of the molecule is CC(C)NC(=O)C1CCCN(C(=O)Cn2nnc3ccccc32)C1. The Hall–Kier alpha value is -2.44. The number of benzene rings is 1. The lowest BCUT2D eigenvalue weighted by molar-refractivity contribution is -0.136. The van der Waals surface area contributed by atoms with Crippen LogP contribution in [0.5, 0.6) is 0 Å². The third kappa shape index (κ3) is 3.55. The van der Waals surface area contributed by atoms with Gasteiger partial charge >= 0.3 is 0 Å². The first-order valence-electron chi connectivity index (χ1n) is 8.41. The zero-order valence-corrected chi connectivity index (χ0v) is 14.1. The number of fused-ring (bicyclic) bond motifs is 1. The van der Waals surface area contributed by atoms with Gasteiger partial charge in [0.25, 0.3) is 0 Å². The summed E-state index contributed by atoms with van der Waals surface area (Å²) in [5.74, 6) is -0.112. The first-order valence-corrected chi connectivity index (χ1v) is 8.41. The van der Waals surface area contributed by atoms with E-state index in [4.69, 9.17) is 0 Å². The van der Waals surface area contributed by atoms with Gasteiger partial charge in [-0.15, -0.1) is 5.10 Å². The molecule has 2 amide bonds. The molecule has 0 spiro atoms. The third-order valence-corrected chi connectivity index (χ3v) is 4.28. The molecular weight excluding hydrogens is 306 g/mol. The summed E-state index contributed by atoms with van der Waals surface area (Å²) in [5, 5.41) is 11.1. The van der Waals surface area contributed by atoms with E-state index in [1.807, 2.05) is 38.1 Å². The van der Waals surface area contributed by atoms with Crippen LogP contribution in [0, 0.1) is 5.92 Å². The molecule has 1 unspecified atom stereocenters. The van der Waals surface area contributed by atoms with Crippen molar-refractivity contribution < 1.29 is 9.59 Å². The van der Waals surface area contributed by atoms with Gasteiger partial charge < -0.3 is 10.2 Å². The summed E-state index contributed by atoms with van der Waals surface area (Å²) in [6.45, 7) is 5.21. The highest BCUT2D eigenvalue weighted by molar-refractivity contribution is 5.82. The molecule has 7 nitrogen and oxygen atoms in total. The van der Waals surface area contributed by atoms with Gasteiger partial charge in [0.15, 0.2) is 0 Å². The number of likely N-dealkylation sites (tertiary alicyclic amines) is 1. The molecule has 2 heterocycles. The lowest BCUT2D eigenvalue weighted by atomic mass is 9.97. The first-order chi connectivity index (χ1) is 11.5. The number of carbonyl (C=O) groups is 2. The van der Waals surface area contributed by atoms with E-state index in [9.17, 15) is 9.59 Å². The fourth-order valence-corrected chi connectivity index (χ4v) is 3.08. The Kier molecular flexibility index (Phi) is 4.78. The number of para-hydroxylation sites is 1. The largest absolute Gasteiger partial charge is 0.354 e. The average Bonchev–Trinajstić information content (AvgIpc) is 2.97. The van der Waals surface area contributed by atoms with Crippen LogP contribution in [0.1, 0.15) is 26.7 Å². The van der Waals surface area contributed by atoms with Crippen LogP contribution in [0.4, 0.5) is 0 Å². The standard InChI is InChI=1S/C17H23N5O2/c1-12(2)18-17(24)13-6-5-9-21(10-13)16(23)11-22-15-8-4-3-7-14(15)19-20-22/h3-4,7-8,12-13H,5-6,9-11H2,1-2H3,(H,18,24). The summed E-state index contributed by atoms with van der Waals surface area (Å²) >= 11 is 0. The molecule has 3 rings (SSSR count). The molecule has 1 fully saturated rings. The van der Waals surface area contributed by atoms with Gasteiger partial charge in [-0.05, 0) is 38.8 Å². The molecule has 1 N–H and O–H groups in total. The Morgan fingerprint density at radius 3 is 2.92 bits per heavy atom. The molecule has 1 aromatic heterocycles. The van der Waals surface area contributed by atoms with Crippen molar-refractivity contribution in [3.63, 3.8) is 0 Å². The van der Waals surface area contributed by atoms with Crippen molar-refractivity contribution in [1.82, 2.24) is 25.2 Å². The minimum absolute atomic E-state index is 0.0206. The monoisotopic (exact) mass is 329 g/mol. The molecule has 7 heteroatoms. The number of rotatable bonds is 4. The second kappa shape index (κ2) is 6.98. The zero-order chi connectivity index (χ0) is 17.1. The number of aromatic nitrogens is 3. The molecule has 1 aliphatic heterocycles. The van der Waals surface area contributed by atoms with Gasteiger partial charge in [-0.1, -0.05) is 17.3 Å². The number of carbonyl (C=O) groups excluding carboxylic acids is 2. The summed E-state index contributed by atoms with van der Waals surface area (Å²) in [4.78, 5) is 26.6. The lowest BCUT2D eigenvalue weighted by Gasteiger charge is -2.32. The molecule has 0 saturated carbocycles. The highest BCUT2D eigenvalue weighted by Crippen LogP contribution is 2.18. The average molecular weight is 329 g/mol. The van der Waals surface area contributed by atoms with E-state index >= 15 is 0 Å². The first kappa shape index (κ1) is 16.4. The normalized spacial score (nSPS) is 18.1. The van der Waals surface area contributed by atoms with Gasteiger partial charge in [0.2, 0.25) is 11.8 Å². The van der Waals surface area contributed by atoms with Crippen molar-refractivity contribution in [1.29, 1.82) is 0 Å². The van der Waals surface area contributed by atoms with Crippen LogP contribution >= 0.6 is 0 Å². The maximum Gasteiger partial charge on any atom is 0.244 e. The number of nitrogens with zero attached hydrogens (tertiary/aromatic N) is 4. The Bertz CT molecular complexity index is 739. The van der Waals surface area contributed by atoms with Crippen molar-refractivity contribution in [3.8, 4) is 0 Å². The fourth-order valence-electron chi connectivity index (χ4n) is 3.08. The molecule has 128 valence electrons. The summed E-state index contributed by atoms with van der Waals surface area (Å²) < 4.78 is 1.62. The minimum Gasteiger partial charge on any atom is -0.354 e. The second-order valence-electron chi connectivity index (χ2n) is 6.58. The molecule has 1 atom stereocenters. The van der Waals surface area contributed by atoms with E-state index in [1.54, 1.807) is 9.58 Å².